The molecule has 7 nitrogen and oxygen atoms in total. The first kappa shape index (κ1) is 27.9. The Hall–Kier alpha value is -3.08. The minimum Gasteiger partial charge on any atom is -0.495 e. The molecule has 0 saturated heterocycles. The van der Waals surface area contributed by atoms with Crippen molar-refractivity contribution in [2.45, 2.75) is 49.2 Å². The summed E-state index contributed by atoms with van der Waals surface area (Å²) >= 11 is 8.41. The number of thiocarbonyl (C=S) groups is 1. The van der Waals surface area contributed by atoms with Crippen LogP contribution in [0.4, 0.5) is 16.4 Å². The topological polar surface area (TPSA) is 88.7 Å². The van der Waals surface area contributed by atoms with Crippen molar-refractivity contribution in [1.82, 2.24) is 0 Å². The lowest BCUT2D eigenvalue weighted by atomic mass is 10.1. The Balaban J connectivity index is 1.41. The number of fused-ring (bicyclic) bond motifs is 1. The van der Waals surface area contributed by atoms with E-state index in [2.05, 4.69) is 16.0 Å². The molecule has 0 bridgehead atoms. The SMILES string of the molecule is COC(=O)c1c(NC(=O)C(C)Sc2cccc(NC(=S)Nc3ccccc3OC)c2)sc2c1CCCCC2. The number of ether oxygens (including phenoxy) is 2. The second-order valence-electron chi connectivity index (χ2n) is 8.82. The van der Waals surface area contributed by atoms with Gasteiger partial charge in [0.2, 0.25) is 5.91 Å². The summed E-state index contributed by atoms with van der Waals surface area (Å²) in [6, 6.07) is 15.2. The highest BCUT2D eigenvalue weighted by molar-refractivity contribution is 8.00. The number of esters is 1. The number of nitrogens with one attached hydrogen (secondary N) is 3. The zero-order valence-electron chi connectivity index (χ0n) is 21.6. The lowest BCUT2D eigenvalue weighted by molar-refractivity contribution is -0.115. The molecule has 0 aliphatic heterocycles. The molecule has 4 rings (SSSR count). The van der Waals surface area contributed by atoms with Crippen LogP contribution in [0, 0.1) is 0 Å². The van der Waals surface area contributed by atoms with Gasteiger partial charge in [0.1, 0.15) is 10.8 Å². The third kappa shape index (κ3) is 6.86. The molecule has 38 heavy (non-hydrogen) atoms. The molecule has 1 aromatic heterocycles. The van der Waals surface area contributed by atoms with Gasteiger partial charge in [0.25, 0.3) is 0 Å². The van der Waals surface area contributed by atoms with Crippen molar-refractivity contribution in [2.24, 2.45) is 0 Å². The number of aryl methyl sites for hydroxylation is 1. The van der Waals surface area contributed by atoms with Gasteiger partial charge in [-0.05, 0) is 80.7 Å². The highest BCUT2D eigenvalue weighted by Gasteiger charge is 2.27. The Kier molecular flexibility index (Phi) is 9.65. The fraction of sp³-hybridized carbons (Fsp3) is 0.321. The highest BCUT2D eigenvalue weighted by Crippen LogP contribution is 2.38. The van der Waals surface area contributed by atoms with Gasteiger partial charge < -0.3 is 25.4 Å². The average molecular weight is 570 g/mol. The molecule has 1 atom stereocenters. The van der Waals surface area contributed by atoms with Crippen LogP contribution in [0.3, 0.4) is 0 Å². The summed E-state index contributed by atoms with van der Waals surface area (Å²) < 4.78 is 10.4. The maximum Gasteiger partial charge on any atom is 0.341 e. The first-order chi connectivity index (χ1) is 18.4. The van der Waals surface area contributed by atoms with Crippen molar-refractivity contribution in [3.05, 3.63) is 64.5 Å². The summed E-state index contributed by atoms with van der Waals surface area (Å²) in [7, 11) is 2.99. The maximum atomic E-state index is 13.2. The van der Waals surface area contributed by atoms with E-state index in [0.29, 0.717) is 21.4 Å². The van der Waals surface area contributed by atoms with Gasteiger partial charge in [0, 0.05) is 15.5 Å². The number of thiophene rings is 1. The number of rotatable bonds is 8. The van der Waals surface area contributed by atoms with Crippen molar-refractivity contribution in [1.29, 1.82) is 0 Å². The van der Waals surface area contributed by atoms with E-state index < -0.39 is 11.2 Å². The Morgan fingerprint density at radius 3 is 2.58 bits per heavy atom. The molecular formula is C28H31N3O4S3. The lowest BCUT2D eigenvalue weighted by Gasteiger charge is -2.15. The fourth-order valence-electron chi connectivity index (χ4n) is 4.30. The Morgan fingerprint density at radius 1 is 1.00 bits per heavy atom. The Morgan fingerprint density at radius 2 is 1.79 bits per heavy atom. The smallest absolute Gasteiger partial charge is 0.341 e. The summed E-state index contributed by atoms with van der Waals surface area (Å²) in [6.07, 6.45) is 5.04. The molecule has 200 valence electrons. The number of carbonyl (C=O) groups excluding carboxylic acids is 2. The van der Waals surface area contributed by atoms with Crippen LogP contribution in [0.15, 0.2) is 53.4 Å². The monoisotopic (exact) mass is 569 g/mol. The number of thioether (sulfide) groups is 1. The normalized spacial score (nSPS) is 13.4. The van der Waals surface area contributed by atoms with Gasteiger partial charge >= 0.3 is 5.97 Å². The second kappa shape index (κ2) is 13.1. The standard InChI is InChI=1S/C28H31N3O4S3/c1-17(25(32)31-26-24(27(33)35-3)20-12-5-4-6-15-23(20)38-26)37-19-11-9-10-18(16-19)29-28(36)30-21-13-7-8-14-22(21)34-2/h7-11,13-14,16-17H,4-6,12,15H2,1-3H3,(H,31,32)(H2,29,30,36). The van der Waals surface area contributed by atoms with Crippen LogP contribution in [0.1, 0.15) is 47.0 Å². The van der Waals surface area contributed by atoms with Gasteiger partial charge in [0.05, 0.1) is 30.7 Å². The number of carbonyl (C=O) groups is 2. The van der Waals surface area contributed by atoms with Crippen LogP contribution in [0.2, 0.25) is 0 Å². The predicted molar refractivity (Wildman–Crippen MR) is 160 cm³/mol. The van der Waals surface area contributed by atoms with E-state index in [1.165, 1.54) is 35.1 Å². The summed E-state index contributed by atoms with van der Waals surface area (Å²) in [5.74, 6) is 0.137. The lowest BCUT2D eigenvalue weighted by Crippen LogP contribution is -2.23. The van der Waals surface area contributed by atoms with Gasteiger partial charge in [-0.3, -0.25) is 4.79 Å². The van der Waals surface area contributed by atoms with E-state index >= 15 is 0 Å². The number of hydrogen-bond donors (Lipinski definition) is 3. The fourth-order valence-corrected chi connectivity index (χ4v) is 6.73. The Labute approximate surface area is 236 Å². The quantitative estimate of drug-likeness (QED) is 0.119. The van der Waals surface area contributed by atoms with Crippen LogP contribution in [-0.4, -0.2) is 36.5 Å². The predicted octanol–water partition coefficient (Wildman–Crippen LogP) is 6.74. The molecule has 10 heteroatoms. The number of methoxy groups -OCH3 is 2. The number of anilines is 3. The number of benzene rings is 2. The molecule has 1 heterocycles. The molecule has 3 N–H and O–H groups in total. The molecule has 1 aliphatic rings. The van der Waals surface area contributed by atoms with Crippen LogP contribution in [0.5, 0.6) is 5.75 Å². The number of hydrogen-bond acceptors (Lipinski definition) is 7. The molecule has 2 aromatic carbocycles. The number of para-hydroxylation sites is 2. The van der Waals surface area contributed by atoms with Crippen LogP contribution >= 0.6 is 35.3 Å². The van der Waals surface area contributed by atoms with Crippen molar-refractivity contribution in [3.63, 3.8) is 0 Å². The maximum absolute atomic E-state index is 13.2. The van der Waals surface area contributed by atoms with E-state index in [1.807, 2.05) is 55.5 Å². The Bertz CT molecular complexity index is 1320. The van der Waals surface area contributed by atoms with Crippen molar-refractivity contribution < 1.29 is 19.1 Å². The first-order valence-corrected chi connectivity index (χ1v) is 14.5. The summed E-state index contributed by atoms with van der Waals surface area (Å²) in [4.78, 5) is 27.8. The zero-order valence-corrected chi connectivity index (χ0v) is 24.0. The molecule has 0 radical (unpaired) electrons. The third-order valence-corrected chi connectivity index (χ3v) is 8.68. The summed E-state index contributed by atoms with van der Waals surface area (Å²) in [5.41, 5.74) is 3.11. The number of amides is 1. The minimum absolute atomic E-state index is 0.164. The minimum atomic E-state index is -0.392. The molecule has 1 amide bonds. The van der Waals surface area contributed by atoms with Crippen molar-refractivity contribution >= 4 is 68.7 Å². The third-order valence-electron chi connectivity index (χ3n) is 6.18. The van der Waals surface area contributed by atoms with E-state index in [-0.39, 0.29) is 5.91 Å². The zero-order chi connectivity index (χ0) is 27.1. The van der Waals surface area contributed by atoms with Gasteiger partial charge in [-0.1, -0.05) is 24.6 Å². The van der Waals surface area contributed by atoms with Gasteiger partial charge in [-0.25, -0.2) is 4.79 Å². The summed E-state index contributed by atoms with van der Waals surface area (Å²) in [5, 5.41) is 9.96. The summed E-state index contributed by atoms with van der Waals surface area (Å²) in [6.45, 7) is 1.85. The molecule has 0 fully saturated rings. The molecule has 1 unspecified atom stereocenters. The van der Waals surface area contributed by atoms with E-state index in [1.54, 1.807) is 7.11 Å². The van der Waals surface area contributed by atoms with Crippen LogP contribution in [0.25, 0.3) is 0 Å². The van der Waals surface area contributed by atoms with Gasteiger partial charge in [-0.2, -0.15) is 0 Å². The average Bonchev–Trinajstić information content (AvgIpc) is 3.08. The molecule has 0 spiro atoms. The van der Waals surface area contributed by atoms with Crippen molar-refractivity contribution in [2.75, 3.05) is 30.2 Å². The second-order valence-corrected chi connectivity index (χ2v) is 11.7. The van der Waals surface area contributed by atoms with E-state index in [4.69, 9.17) is 21.7 Å². The van der Waals surface area contributed by atoms with E-state index in [9.17, 15) is 9.59 Å². The molecular weight excluding hydrogens is 539 g/mol. The van der Waals surface area contributed by atoms with Gasteiger partial charge in [-0.15, -0.1) is 23.1 Å². The van der Waals surface area contributed by atoms with E-state index in [0.717, 1.165) is 53.9 Å². The molecule has 0 saturated carbocycles. The van der Waals surface area contributed by atoms with Gasteiger partial charge in [0.15, 0.2) is 5.11 Å². The van der Waals surface area contributed by atoms with Crippen LogP contribution in [-0.2, 0) is 22.4 Å². The van der Waals surface area contributed by atoms with Crippen molar-refractivity contribution in [3.8, 4) is 5.75 Å². The largest absolute Gasteiger partial charge is 0.495 e. The highest BCUT2D eigenvalue weighted by atomic mass is 32.2. The molecule has 1 aliphatic carbocycles. The first-order valence-electron chi connectivity index (χ1n) is 12.4. The molecule has 3 aromatic rings. The van der Waals surface area contributed by atoms with Crippen LogP contribution < -0.4 is 20.7 Å².